The second-order valence-electron chi connectivity index (χ2n) is 7.26. The second kappa shape index (κ2) is 9.89. The molecule has 6 nitrogen and oxygen atoms in total. The van der Waals surface area contributed by atoms with Crippen molar-refractivity contribution in [3.05, 3.63) is 60.2 Å². The molecule has 0 bridgehead atoms. The van der Waals surface area contributed by atoms with E-state index in [-0.39, 0.29) is 23.3 Å². The van der Waals surface area contributed by atoms with Crippen molar-refractivity contribution in [2.24, 2.45) is 0 Å². The van der Waals surface area contributed by atoms with E-state index in [9.17, 15) is 13.2 Å². The van der Waals surface area contributed by atoms with E-state index in [0.717, 1.165) is 31.2 Å². The number of carbonyl (C=O) groups excluding carboxylic acids is 1. The van der Waals surface area contributed by atoms with Crippen molar-refractivity contribution >= 4 is 15.9 Å². The molecule has 0 unspecified atom stereocenters. The minimum atomic E-state index is -3.86. The molecule has 0 aromatic heterocycles. The molecule has 1 aliphatic carbocycles. The van der Waals surface area contributed by atoms with Crippen molar-refractivity contribution in [3.63, 3.8) is 0 Å². The van der Waals surface area contributed by atoms with E-state index >= 15 is 0 Å². The summed E-state index contributed by atoms with van der Waals surface area (Å²) in [6, 6.07) is 14.9. The SMILES string of the molecule is CCOc1ccc(S(=O)(=O)N[C@H](Cc2ccccc2)C(=O)NC2CCCC2)cc1. The molecule has 0 spiro atoms. The molecule has 2 aromatic rings. The maximum absolute atomic E-state index is 12.9. The minimum absolute atomic E-state index is 0.104. The zero-order valence-electron chi connectivity index (χ0n) is 16.6. The third-order valence-corrected chi connectivity index (χ3v) is 6.53. The lowest BCUT2D eigenvalue weighted by atomic mass is 10.1. The van der Waals surface area contributed by atoms with Crippen molar-refractivity contribution < 1.29 is 17.9 Å². The maximum atomic E-state index is 12.9. The quantitative estimate of drug-likeness (QED) is 0.658. The zero-order chi connectivity index (χ0) is 20.7. The smallest absolute Gasteiger partial charge is 0.241 e. The van der Waals surface area contributed by atoms with Gasteiger partial charge in [0, 0.05) is 6.04 Å². The average molecular weight is 417 g/mol. The molecule has 29 heavy (non-hydrogen) atoms. The van der Waals surface area contributed by atoms with E-state index in [1.54, 1.807) is 12.1 Å². The molecule has 1 aliphatic rings. The van der Waals surface area contributed by atoms with Crippen LogP contribution in [0.5, 0.6) is 5.75 Å². The summed E-state index contributed by atoms with van der Waals surface area (Å²) < 4.78 is 33.8. The highest BCUT2D eigenvalue weighted by molar-refractivity contribution is 7.89. The molecule has 2 N–H and O–H groups in total. The number of hydrogen-bond acceptors (Lipinski definition) is 4. The van der Waals surface area contributed by atoms with Crippen LogP contribution in [0.4, 0.5) is 0 Å². The summed E-state index contributed by atoms with van der Waals surface area (Å²) in [4.78, 5) is 13.0. The summed E-state index contributed by atoms with van der Waals surface area (Å²) in [7, 11) is -3.86. The monoisotopic (exact) mass is 416 g/mol. The standard InChI is InChI=1S/C22H28N2O4S/c1-2-28-19-12-14-20(15-13-19)29(26,27)24-21(16-17-8-4-3-5-9-17)22(25)23-18-10-6-7-11-18/h3-5,8-9,12-15,18,21,24H,2,6-7,10-11,16H2,1H3,(H,23,25)/t21-/m1/s1. The summed E-state index contributed by atoms with van der Waals surface area (Å²) in [5, 5.41) is 3.01. The summed E-state index contributed by atoms with van der Waals surface area (Å²) in [5.74, 6) is 0.321. The maximum Gasteiger partial charge on any atom is 0.241 e. The van der Waals surface area contributed by atoms with Crippen LogP contribution in [0.15, 0.2) is 59.5 Å². The Bertz CT molecular complexity index is 892. The van der Waals surface area contributed by atoms with Gasteiger partial charge < -0.3 is 10.1 Å². The Labute approximate surface area is 172 Å². The lowest BCUT2D eigenvalue weighted by Crippen LogP contribution is -2.50. The molecular weight excluding hydrogens is 388 g/mol. The van der Waals surface area contributed by atoms with Gasteiger partial charge in [-0.25, -0.2) is 8.42 Å². The second-order valence-corrected chi connectivity index (χ2v) is 8.97. The Morgan fingerprint density at radius 3 is 2.34 bits per heavy atom. The van der Waals surface area contributed by atoms with Crippen molar-refractivity contribution in [2.75, 3.05) is 6.61 Å². The zero-order valence-corrected chi connectivity index (χ0v) is 17.5. The number of hydrogen-bond donors (Lipinski definition) is 2. The Kier molecular flexibility index (Phi) is 7.28. The fourth-order valence-electron chi connectivity index (χ4n) is 3.55. The molecule has 1 amide bonds. The summed E-state index contributed by atoms with van der Waals surface area (Å²) in [5.41, 5.74) is 0.897. The van der Waals surface area contributed by atoms with Crippen LogP contribution in [0, 0.1) is 0 Å². The first kappa shape index (κ1) is 21.3. The molecule has 0 saturated heterocycles. The molecule has 7 heteroatoms. The molecule has 0 aliphatic heterocycles. The Balaban J connectivity index is 1.77. The van der Waals surface area contributed by atoms with Gasteiger partial charge in [-0.1, -0.05) is 43.2 Å². The van der Waals surface area contributed by atoms with E-state index in [2.05, 4.69) is 10.0 Å². The van der Waals surface area contributed by atoms with Crippen LogP contribution in [0.1, 0.15) is 38.2 Å². The fourth-order valence-corrected chi connectivity index (χ4v) is 4.74. The minimum Gasteiger partial charge on any atom is -0.494 e. The Morgan fingerprint density at radius 1 is 1.07 bits per heavy atom. The van der Waals surface area contributed by atoms with E-state index in [0.29, 0.717) is 12.4 Å². The molecule has 0 heterocycles. The first-order valence-corrected chi connectivity index (χ1v) is 11.6. The molecular formula is C22H28N2O4S. The van der Waals surface area contributed by atoms with Gasteiger partial charge >= 0.3 is 0 Å². The molecule has 156 valence electrons. The Hall–Kier alpha value is -2.38. The van der Waals surface area contributed by atoms with Crippen LogP contribution in [0.25, 0.3) is 0 Å². The Morgan fingerprint density at radius 2 is 1.72 bits per heavy atom. The van der Waals surface area contributed by atoms with Crippen LogP contribution in [-0.4, -0.2) is 33.0 Å². The topological polar surface area (TPSA) is 84.5 Å². The van der Waals surface area contributed by atoms with Gasteiger partial charge in [-0.05, 0) is 56.0 Å². The molecule has 1 fully saturated rings. The van der Waals surface area contributed by atoms with E-state index in [4.69, 9.17) is 4.74 Å². The molecule has 3 rings (SSSR count). The van der Waals surface area contributed by atoms with Crippen LogP contribution >= 0.6 is 0 Å². The molecule has 0 radical (unpaired) electrons. The highest BCUT2D eigenvalue weighted by atomic mass is 32.2. The lowest BCUT2D eigenvalue weighted by molar-refractivity contribution is -0.123. The van der Waals surface area contributed by atoms with Gasteiger partial charge in [0.15, 0.2) is 0 Å². The van der Waals surface area contributed by atoms with Crippen LogP contribution < -0.4 is 14.8 Å². The van der Waals surface area contributed by atoms with E-state index < -0.39 is 16.1 Å². The van der Waals surface area contributed by atoms with Crippen molar-refractivity contribution in [3.8, 4) is 5.75 Å². The predicted molar refractivity (Wildman–Crippen MR) is 112 cm³/mol. The predicted octanol–water partition coefficient (Wildman–Crippen LogP) is 3.03. The van der Waals surface area contributed by atoms with Crippen LogP contribution in [0.2, 0.25) is 0 Å². The highest BCUT2D eigenvalue weighted by Crippen LogP contribution is 2.19. The van der Waals surface area contributed by atoms with Gasteiger partial charge in [0.05, 0.1) is 11.5 Å². The first-order chi connectivity index (χ1) is 14.0. The fraction of sp³-hybridized carbons (Fsp3) is 0.409. The number of amides is 1. The first-order valence-electron chi connectivity index (χ1n) is 10.1. The number of ether oxygens (including phenoxy) is 1. The summed E-state index contributed by atoms with van der Waals surface area (Å²) in [6.45, 7) is 2.37. The third kappa shape index (κ3) is 6.05. The number of carbonyl (C=O) groups is 1. The summed E-state index contributed by atoms with van der Waals surface area (Å²) in [6.07, 6.45) is 4.35. The van der Waals surface area contributed by atoms with Gasteiger partial charge in [0.25, 0.3) is 0 Å². The normalized spacial score (nSPS) is 15.8. The van der Waals surface area contributed by atoms with Gasteiger partial charge in [-0.2, -0.15) is 4.72 Å². The van der Waals surface area contributed by atoms with Gasteiger partial charge in [-0.15, -0.1) is 0 Å². The van der Waals surface area contributed by atoms with Gasteiger partial charge in [0.2, 0.25) is 15.9 Å². The summed E-state index contributed by atoms with van der Waals surface area (Å²) >= 11 is 0. The van der Waals surface area contributed by atoms with Crippen molar-refractivity contribution in [1.82, 2.24) is 10.0 Å². The number of rotatable bonds is 9. The largest absolute Gasteiger partial charge is 0.494 e. The van der Waals surface area contributed by atoms with Crippen molar-refractivity contribution in [1.29, 1.82) is 0 Å². The lowest BCUT2D eigenvalue weighted by Gasteiger charge is -2.21. The average Bonchev–Trinajstić information content (AvgIpc) is 3.22. The number of nitrogens with one attached hydrogen (secondary N) is 2. The molecule has 1 atom stereocenters. The van der Waals surface area contributed by atoms with E-state index in [1.165, 1.54) is 12.1 Å². The number of sulfonamides is 1. The van der Waals surface area contributed by atoms with Crippen LogP contribution in [0.3, 0.4) is 0 Å². The highest BCUT2D eigenvalue weighted by Gasteiger charge is 2.28. The van der Waals surface area contributed by atoms with Crippen LogP contribution in [-0.2, 0) is 21.2 Å². The molecule has 2 aromatic carbocycles. The van der Waals surface area contributed by atoms with Gasteiger partial charge in [0.1, 0.15) is 11.8 Å². The van der Waals surface area contributed by atoms with Crippen molar-refractivity contribution in [2.45, 2.75) is 56.0 Å². The molecule has 1 saturated carbocycles. The number of benzene rings is 2. The van der Waals surface area contributed by atoms with Gasteiger partial charge in [-0.3, -0.25) is 4.79 Å². The van der Waals surface area contributed by atoms with E-state index in [1.807, 2.05) is 37.3 Å². The third-order valence-electron chi connectivity index (χ3n) is 5.04.